The van der Waals surface area contributed by atoms with Crippen molar-refractivity contribution in [2.24, 2.45) is 0 Å². The van der Waals surface area contributed by atoms with E-state index >= 15 is 0 Å². The van der Waals surface area contributed by atoms with Gasteiger partial charge in [-0.2, -0.15) is 0 Å². The van der Waals surface area contributed by atoms with Crippen molar-refractivity contribution in [3.8, 4) is 0 Å². The number of anilines is 1. The van der Waals surface area contributed by atoms with Gasteiger partial charge in [-0.15, -0.1) is 0 Å². The van der Waals surface area contributed by atoms with Crippen LogP contribution in [0.4, 0.5) is 10.1 Å². The molecule has 0 aliphatic carbocycles. The van der Waals surface area contributed by atoms with E-state index in [0.29, 0.717) is 10.5 Å². The first kappa shape index (κ1) is 13.2. The van der Waals surface area contributed by atoms with Gasteiger partial charge in [-0.25, -0.2) is 9.29 Å². The Labute approximate surface area is 119 Å². The summed E-state index contributed by atoms with van der Waals surface area (Å²) in [6.07, 6.45) is 0. The lowest BCUT2D eigenvalue weighted by molar-refractivity contribution is -0.114. The van der Waals surface area contributed by atoms with Gasteiger partial charge in [-0.1, -0.05) is 24.3 Å². The Balaban J connectivity index is 2.16. The predicted molar refractivity (Wildman–Crippen MR) is 73.7 cm³/mol. The lowest BCUT2D eigenvalue weighted by atomic mass is 9.97. The number of nitrogens with zero attached hydrogens (tertiary/aromatic N) is 1. The first-order valence-electron chi connectivity index (χ1n) is 6.29. The summed E-state index contributed by atoms with van der Waals surface area (Å²) in [5.74, 6) is -2.91. The zero-order valence-electron chi connectivity index (χ0n) is 11.1. The van der Waals surface area contributed by atoms with Gasteiger partial charge in [0.15, 0.2) is 0 Å². The van der Waals surface area contributed by atoms with Crippen LogP contribution in [0, 0.1) is 12.7 Å². The second kappa shape index (κ2) is 4.63. The molecule has 0 N–H and O–H groups in total. The fourth-order valence-corrected chi connectivity index (χ4v) is 2.25. The van der Waals surface area contributed by atoms with Gasteiger partial charge in [-0.05, 0) is 30.7 Å². The van der Waals surface area contributed by atoms with Gasteiger partial charge in [0.1, 0.15) is 5.82 Å². The second-order valence-corrected chi connectivity index (χ2v) is 4.75. The van der Waals surface area contributed by atoms with E-state index in [-0.39, 0.29) is 16.8 Å². The minimum atomic E-state index is -0.970. The highest BCUT2D eigenvalue weighted by Gasteiger charge is 2.38. The number of amides is 2. The van der Waals surface area contributed by atoms with Crippen LogP contribution in [-0.4, -0.2) is 17.6 Å². The van der Waals surface area contributed by atoms with Crippen molar-refractivity contribution in [3.05, 3.63) is 65.0 Å². The van der Waals surface area contributed by atoms with Gasteiger partial charge in [-0.3, -0.25) is 14.4 Å². The SMILES string of the molecule is Cc1ccc(N2C(=O)C(=O)c3ccccc3C2=O)cc1F. The number of imide groups is 1. The number of rotatable bonds is 1. The fourth-order valence-electron chi connectivity index (χ4n) is 2.25. The maximum atomic E-state index is 13.6. The Kier molecular flexibility index (Phi) is 2.90. The average molecular weight is 283 g/mol. The Bertz CT molecular complexity index is 798. The van der Waals surface area contributed by atoms with Crippen LogP contribution < -0.4 is 4.90 Å². The van der Waals surface area contributed by atoms with E-state index in [2.05, 4.69) is 0 Å². The van der Waals surface area contributed by atoms with Crippen LogP contribution >= 0.6 is 0 Å². The predicted octanol–water partition coefficient (Wildman–Crippen LogP) is 2.50. The number of hydrogen-bond donors (Lipinski definition) is 0. The number of Topliss-reactive ketones (excluding diaryl/α,β-unsaturated/α-hetero) is 1. The highest BCUT2D eigenvalue weighted by Crippen LogP contribution is 2.26. The standard InChI is InChI=1S/C16H10FNO3/c1-9-6-7-10(8-13(9)17)18-15(20)12-5-3-2-4-11(12)14(19)16(18)21/h2-8H,1H3. The maximum absolute atomic E-state index is 13.6. The van der Waals surface area contributed by atoms with E-state index in [4.69, 9.17) is 0 Å². The maximum Gasteiger partial charge on any atom is 0.306 e. The van der Waals surface area contributed by atoms with Gasteiger partial charge in [0.05, 0.1) is 11.3 Å². The molecule has 0 aromatic heterocycles. The smallest absolute Gasteiger partial charge is 0.283 e. The number of hydrogen-bond acceptors (Lipinski definition) is 3. The zero-order valence-corrected chi connectivity index (χ0v) is 11.1. The summed E-state index contributed by atoms with van der Waals surface area (Å²) in [5.41, 5.74) is 0.665. The minimum absolute atomic E-state index is 0.0518. The molecule has 0 saturated heterocycles. The van der Waals surface area contributed by atoms with Gasteiger partial charge in [0, 0.05) is 5.56 Å². The molecule has 0 spiro atoms. The number of ketones is 1. The molecule has 0 radical (unpaired) electrons. The van der Waals surface area contributed by atoms with Crippen molar-refractivity contribution in [2.45, 2.75) is 6.92 Å². The lowest BCUT2D eigenvalue weighted by Crippen LogP contribution is -2.46. The number of halogens is 1. The molecule has 0 unspecified atom stereocenters. The molecule has 0 fully saturated rings. The molecule has 3 rings (SSSR count). The van der Waals surface area contributed by atoms with E-state index in [1.807, 2.05) is 0 Å². The van der Waals surface area contributed by atoms with Crippen LogP contribution in [0.2, 0.25) is 0 Å². The highest BCUT2D eigenvalue weighted by molar-refractivity contribution is 6.55. The second-order valence-electron chi connectivity index (χ2n) is 4.75. The van der Waals surface area contributed by atoms with Gasteiger partial charge >= 0.3 is 5.91 Å². The van der Waals surface area contributed by atoms with Crippen molar-refractivity contribution in [1.29, 1.82) is 0 Å². The monoisotopic (exact) mass is 283 g/mol. The van der Waals surface area contributed by atoms with Crippen molar-refractivity contribution in [3.63, 3.8) is 0 Å². The van der Waals surface area contributed by atoms with Crippen molar-refractivity contribution >= 4 is 23.3 Å². The van der Waals surface area contributed by atoms with Crippen LogP contribution in [0.3, 0.4) is 0 Å². The molecule has 4 nitrogen and oxygen atoms in total. The Hall–Kier alpha value is -2.82. The van der Waals surface area contributed by atoms with E-state index in [0.717, 1.165) is 6.07 Å². The summed E-state index contributed by atoms with van der Waals surface area (Å²) in [4.78, 5) is 37.3. The number of aryl methyl sites for hydroxylation is 1. The van der Waals surface area contributed by atoms with Gasteiger partial charge < -0.3 is 0 Å². The van der Waals surface area contributed by atoms with Crippen molar-refractivity contribution in [2.75, 3.05) is 4.90 Å². The lowest BCUT2D eigenvalue weighted by Gasteiger charge is -2.25. The molecule has 1 aliphatic rings. The minimum Gasteiger partial charge on any atom is -0.283 e. The van der Waals surface area contributed by atoms with E-state index < -0.39 is 23.4 Å². The summed E-state index contributed by atoms with van der Waals surface area (Å²) in [5, 5.41) is 0. The van der Waals surface area contributed by atoms with E-state index in [1.165, 1.54) is 24.3 Å². The molecule has 1 aliphatic heterocycles. The van der Waals surface area contributed by atoms with Crippen LogP contribution in [-0.2, 0) is 4.79 Å². The highest BCUT2D eigenvalue weighted by atomic mass is 19.1. The molecule has 2 aromatic rings. The molecular weight excluding hydrogens is 273 g/mol. The largest absolute Gasteiger partial charge is 0.306 e. The van der Waals surface area contributed by atoms with E-state index in [9.17, 15) is 18.8 Å². The van der Waals surface area contributed by atoms with Crippen LogP contribution in [0.25, 0.3) is 0 Å². The molecule has 2 aromatic carbocycles. The van der Waals surface area contributed by atoms with Crippen LogP contribution in [0.1, 0.15) is 26.3 Å². The van der Waals surface area contributed by atoms with Crippen molar-refractivity contribution < 1.29 is 18.8 Å². The number of carbonyl (C=O) groups excluding carboxylic acids is 3. The number of fused-ring (bicyclic) bond motifs is 1. The summed E-state index contributed by atoms with van der Waals surface area (Å²) in [6, 6.07) is 10.1. The molecule has 1 heterocycles. The van der Waals surface area contributed by atoms with E-state index in [1.54, 1.807) is 19.1 Å². The van der Waals surface area contributed by atoms with Crippen molar-refractivity contribution in [1.82, 2.24) is 0 Å². The Morgan fingerprint density at radius 3 is 2.24 bits per heavy atom. The third kappa shape index (κ3) is 1.94. The Morgan fingerprint density at radius 2 is 1.57 bits per heavy atom. The summed E-state index contributed by atoms with van der Waals surface area (Å²) in [7, 11) is 0. The number of carbonyl (C=O) groups is 3. The molecule has 5 heteroatoms. The summed E-state index contributed by atoms with van der Waals surface area (Å²) < 4.78 is 13.6. The molecule has 0 atom stereocenters. The molecule has 0 bridgehead atoms. The first-order chi connectivity index (χ1) is 10.0. The van der Waals surface area contributed by atoms with Gasteiger partial charge in [0.2, 0.25) is 0 Å². The van der Waals surface area contributed by atoms with Crippen LogP contribution in [0.15, 0.2) is 42.5 Å². The quantitative estimate of drug-likeness (QED) is 0.597. The normalized spacial score (nSPS) is 14.4. The summed E-state index contributed by atoms with van der Waals surface area (Å²) in [6.45, 7) is 1.57. The summed E-state index contributed by atoms with van der Waals surface area (Å²) >= 11 is 0. The Morgan fingerprint density at radius 1 is 0.905 bits per heavy atom. The third-order valence-corrected chi connectivity index (χ3v) is 3.42. The topological polar surface area (TPSA) is 54.5 Å². The number of benzene rings is 2. The molecule has 104 valence electrons. The first-order valence-corrected chi connectivity index (χ1v) is 6.29. The van der Waals surface area contributed by atoms with Gasteiger partial charge in [0.25, 0.3) is 11.7 Å². The average Bonchev–Trinajstić information content (AvgIpc) is 2.49. The third-order valence-electron chi connectivity index (χ3n) is 3.42. The molecule has 2 amide bonds. The fraction of sp³-hybridized carbons (Fsp3) is 0.0625. The molecule has 21 heavy (non-hydrogen) atoms. The molecule has 0 saturated carbocycles. The zero-order chi connectivity index (χ0) is 15.1. The van der Waals surface area contributed by atoms with Crippen LogP contribution in [0.5, 0.6) is 0 Å². The molecular formula is C16H10FNO3.